The highest BCUT2D eigenvalue weighted by molar-refractivity contribution is 9.10. The molecule has 6 nitrogen and oxygen atoms in total. The largest absolute Gasteiger partial charge is 0.486 e. The Kier molecular flexibility index (Phi) is 9.84. The molecule has 8 heteroatoms. The van der Waals surface area contributed by atoms with Gasteiger partial charge in [-0.3, -0.25) is 4.79 Å². The van der Waals surface area contributed by atoms with Crippen LogP contribution < -0.4 is 10.5 Å². The van der Waals surface area contributed by atoms with Gasteiger partial charge in [-0.25, -0.2) is 0 Å². The molecule has 2 aromatic rings. The van der Waals surface area contributed by atoms with Crippen LogP contribution in [0.3, 0.4) is 0 Å². The highest BCUT2D eigenvalue weighted by atomic mass is 79.9. The molecule has 154 valence electrons. The van der Waals surface area contributed by atoms with E-state index in [0.717, 1.165) is 29.0 Å². The number of hydrogen-bond acceptors (Lipinski definition) is 5. The first-order valence-electron chi connectivity index (χ1n) is 9.77. The molecule has 1 unspecified atom stereocenters. The monoisotopic (exact) mass is 468 g/mol. The molecule has 0 saturated heterocycles. The van der Waals surface area contributed by atoms with Crippen molar-refractivity contribution in [2.75, 3.05) is 0 Å². The van der Waals surface area contributed by atoms with Crippen molar-refractivity contribution in [2.24, 2.45) is 5.73 Å². The molecule has 2 N–H and O–H groups in total. The topological polar surface area (TPSA) is 83.0 Å². The van der Waals surface area contributed by atoms with Gasteiger partial charge in [-0.2, -0.15) is 0 Å². The van der Waals surface area contributed by atoms with Crippen LogP contribution in [0.2, 0.25) is 0 Å². The number of nitrogens with two attached hydrogens (primary N) is 1. The summed E-state index contributed by atoms with van der Waals surface area (Å²) in [6.07, 6.45) is 7.26. The molecule has 0 radical (unpaired) electrons. The fourth-order valence-electron chi connectivity index (χ4n) is 2.68. The summed E-state index contributed by atoms with van der Waals surface area (Å²) in [5.41, 5.74) is 5.41. The molecule has 0 aliphatic heterocycles. The number of halogens is 1. The third-order valence-electron chi connectivity index (χ3n) is 4.39. The second-order valence-electron chi connectivity index (χ2n) is 6.72. The van der Waals surface area contributed by atoms with E-state index in [1.54, 1.807) is 6.92 Å². The Morgan fingerprint density at radius 2 is 1.86 bits per heavy atom. The van der Waals surface area contributed by atoms with Crippen molar-refractivity contribution in [3.8, 4) is 5.75 Å². The van der Waals surface area contributed by atoms with Crippen LogP contribution in [0.5, 0.6) is 5.75 Å². The number of primary amides is 1. The summed E-state index contributed by atoms with van der Waals surface area (Å²) in [6.45, 7) is 5.15. The number of rotatable bonds is 13. The van der Waals surface area contributed by atoms with E-state index in [1.807, 2.05) is 24.3 Å². The standard InChI is InChI=1S/C20H29BrN4O2S/c1-3-4-5-6-7-8-13-25-18(14-27-17-11-9-16(21)10-12-17)23-24-20(25)28-15(2)19(22)26/h9-12,15H,3-8,13-14H2,1-2H3,(H2,22,26). The van der Waals surface area contributed by atoms with Crippen molar-refractivity contribution < 1.29 is 9.53 Å². The number of unbranched alkanes of at least 4 members (excludes halogenated alkanes) is 5. The van der Waals surface area contributed by atoms with Gasteiger partial charge in [0.2, 0.25) is 5.91 Å². The summed E-state index contributed by atoms with van der Waals surface area (Å²) in [5, 5.41) is 8.93. The number of ether oxygens (including phenoxy) is 1. The van der Waals surface area contributed by atoms with E-state index in [9.17, 15) is 4.79 Å². The lowest BCUT2D eigenvalue weighted by molar-refractivity contribution is -0.117. The molecule has 1 heterocycles. The Bertz CT molecular complexity index is 736. The molecular weight excluding hydrogens is 440 g/mol. The third kappa shape index (κ3) is 7.47. The molecule has 1 atom stereocenters. The molecule has 0 spiro atoms. The smallest absolute Gasteiger partial charge is 0.230 e. The van der Waals surface area contributed by atoms with Gasteiger partial charge in [0.1, 0.15) is 12.4 Å². The van der Waals surface area contributed by atoms with Gasteiger partial charge in [0.25, 0.3) is 0 Å². The summed E-state index contributed by atoms with van der Waals surface area (Å²) in [6, 6.07) is 7.69. The van der Waals surface area contributed by atoms with Gasteiger partial charge < -0.3 is 15.0 Å². The van der Waals surface area contributed by atoms with Crippen LogP contribution in [-0.2, 0) is 17.9 Å². The summed E-state index contributed by atoms with van der Waals surface area (Å²) in [5.74, 6) is 1.18. The van der Waals surface area contributed by atoms with Crippen LogP contribution in [0.1, 0.15) is 58.2 Å². The second kappa shape index (κ2) is 12.1. The zero-order valence-electron chi connectivity index (χ0n) is 16.6. The molecule has 1 amide bonds. The van der Waals surface area contributed by atoms with Crippen molar-refractivity contribution in [1.82, 2.24) is 14.8 Å². The molecule has 0 aliphatic rings. The minimum atomic E-state index is -0.355. The highest BCUT2D eigenvalue weighted by Gasteiger charge is 2.18. The number of benzene rings is 1. The Balaban J connectivity index is 2.01. The SMILES string of the molecule is CCCCCCCCn1c(COc2ccc(Br)cc2)nnc1SC(C)C(N)=O. The summed E-state index contributed by atoms with van der Waals surface area (Å²) in [7, 11) is 0. The summed E-state index contributed by atoms with van der Waals surface area (Å²) in [4.78, 5) is 11.4. The first-order chi connectivity index (χ1) is 13.5. The highest BCUT2D eigenvalue weighted by Crippen LogP contribution is 2.24. The maximum absolute atomic E-state index is 11.4. The Morgan fingerprint density at radius 3 is 2.54 bits per heavy atom. The summed E-state index contributed by atoms with van der Waals surface area (Å²) >= 11 is 4.77. The van der Waals surface area contributed by atoms with Crippen molar-refractivity contribution >= 4 is 33.6 Å². The van der Waals surface area contributed by atoms with E-state index >= 15 is 0 Å². The molecule has 0 aliphatic carbocycles. The third-order valence-corrected chi connectivity index (χ3v) is 6.02. The van der Waals surface area contributed by atoms with Gasteiger partial charge in [-0.05, 0) is 37.6 Å². The van der Waals surface area contributed by atoms with Gasteiger partial charge in [-0.15, -0.1) is 10.2 Å². The molecule has 1 aromatic heterocycles. The van der Waals surface area contributed by atoms with Crippen molar-refractivity contribution in [1.29, 1.82) is 0 Å². The van der Waals surface area contributed by atoms with Crippen molar-refractivity contribution in [2.45, 2.75) is 75.9 Å². The predicted octanol–water partition coefficient (Wildman–Crippen LogP) is 4.95. The van der Waals surface area contributed by atoms with E-state index < -0.39 is 0 Å². The van der Waals surface area contributed by atoms with Gasteiger partial charge in [0.05, 0.1) is 5.25 Å². The van der Waals surface area contributed by atoms with E-state index in [1.165, 1.54) is 43.9 Å². The fourth-order valence-corrected chi connectivity index (χ4v) is 3.79. The number of carbonyl (C=O) groups is 1. The Labute approximate surface area is 179 Å². The lowest BCUT2D eigenvalue weighted by atomic mass is 10.1. The minimum Gasteiger partial charge on any atom is -0.486 e. The molecule has 0 fully saturated rings. The first-order valence-corrected chi connectivity index (χ1v) is 11.4. The van der Waals surface area contributed by atoms with Gasteiger partial charge in [0.15, 0.2) is 11.0 Å². The van der Waals surface area contributed by atoms with E-state index in [4.69, 9.17) is 10.5 Å². The lowest BCUT2D eigenvalue weighted by Crippen LogP contribution is -2.23. The number of amides is 1. The minimum absolute atomic E-state index is 0.329. The van der Waals surface area contributed by atoms with Crippen molar-refractivity contribution in [3.63, 3.8) is 0 Å². The van der Waals surface area contributed by atoms with Gasteiger partial charge in [-0.1, -0.05) is 66.7 Å². The second-order valence-corrected chi connectivity index (χ2v) is 8.95. The van der Waals surface area contributed by atoms with Crippen LogP contribution in [-0.4, -0.2) is 25.9 Å². The number of aromatic nitrogens is 3. The average molecular weight is 469 g/mol. The number of carbonyl (C=O) groups excluding carboxylic acids is 1. The number of nitrogens with zero attached hydrogens (tertiary/aromatic N) is 3. The first kappa shape index (κ1) is 22.7. The van der Waals surface area contributed by atoms with Crippen LogP contribution in [0, 0.1) is 0 Å². The molecule has 2 rings (SSSR count). The lowest BCUT2D eigenvalue weighted by Gasteiger charge is -2.12. The number of thioether (sulfide) groups is 1. The normalized spacial score (nSPS) is 12.1. The Morgan fingerprint density at radius 1 is 1.18 bits per heavy atom. The zero-order valence-corrected chi connectivity index (χ0v) is 19.0. The summed E-state index contributed by atoms with van der Waals surface area (Å²) < 4.78 is 8.93. The molecule has 0 saturated carbocycles. The molecule has 1 aromatic carbocycles. The van der Waals surface area contributed by atoms with Gasteiger partial charge in [0, 0.05) is 11.0 Å². The van der Waals surface area contributed by atoms with Crippen LogP contribution in [0.15, 0.2) is 33.9 Å². The van der Waals surface area contributed by atoms with Crippen molar-refractivity contribution in [3.05, 3.63) is 34.6 Å². The maximum Gasteiger partial charge on any atom is 0.230 e. The maximum atomic E-state index is 11.4. The number of hydrogen-bond donors (Lipinski definition) is 1. The van der Waals surface area contributed by atoms with E-state index in [-0.39, 0.29) is 11.2 Å². The van der Waals surface area contributed by atoms with E-state index in [0.29, 0.717) is 11.8 Å². The predicted molar refractivity (Wildman–Crippen MR) is 116 cm³/mol. The van der Waals surface area contributed by atoms with E-state index in [2.05, 4.69) is 37.6 Å². The van der Waals surface area contributed by atoms with Gasteiger partial charge >= 0.3 is 0 Å². The Hall–Kier alpha value is -1.54. The molecule has 28 heavy (non-hydrogen) atoms. The zero-order chi connectivity index (χ0) is 20.4. The molecular formula is C20H29BrN4O2S. The molecule has 0 bridgehead atoms. The quantitative estimate of drug-likeness (QED) is 0.332. The fraction of sp³-hybridized carbons (Fsp3) is 0.550. The average Bonchev–Trinajstić information content (AvgIpc) is 3.05. The van der Waals surface area contributed by atoms with Crippen LogP contribution in [0.4, 0.5) is 0 Å². The van der Waals surface area contributed by atoms with Crippen LogP contribution in [0.25, 0.3) is 0 Å². The van der Waals surface area contributed by atoms with Crippen LogP contribution >= 0.6 is 27.7 Å².